The largest absolute Gasteiger partial charge is 0.460 e. The number of aromatic nitrogens is 2. The van der Waals surface area contributed by atoms with Crippen molar-refractivity contribution in [3.8, 4) is 6.07 Å². The van der Waals surface area contributed by atoms with Crippen LogP contribution >= 0.6 is 11.6 Å². The van der Waals surface area contributed by atoms with E-state index in [9.17, 15) is 4.79 Å². The van der Waals surface area contributed by atoms with Crippen molar-refractivity contribution < 1.29 is 9.53 Å². The second-order valence-electron chi connectivity index (χ2n) is 6.39. The normalized spacial score (nSPS) is 10.8. The lowest BCUT2D eigenvalue weighted by Crippen LogP contribution is -2.17. The molecule has 2 aromatic rings. The Hall–Kier alpha value is -2.65. The summed E-state index contributed by atoms with van der Waals surface area (Å²) in [7, 11) is 0. The summed E-state index contributed by atoms with van der Waals surface area (Å²) >= 11 is 6.02. The first-order valence-corrected chi connectivity index (χ1v) is 8.13. The summed E-state index contributed by atoms with van der Waals surface area (Å²) in [6.07, 6.45) is 3.24. The van der Waals surface area contributed by atoms with Gasteiger partial charge in [0, 0.05) is 12.4 Å². The number of carbonyl (C=O) groups excluding carboxylic acids is 1. The monoisotopic (exact) mass is 358 g/mol. The number of rotatable bonds is 5. The summed E-state index contributed by atoms with van der Waals surface area (Å²) in [5, 5.41) is 12.1. The molecule has 130 valence electrons. The van der Waals surface area contributed by atoms with Gasteiger partial charge in [-0.25, -0.2) is 14.8 Å². The smallest absolute Gasteiger partial charge is 0.341 e. The van der Waals surface area contributed by atoms with E-state index in [1.807, 2.05) is 26.8 Å². The number of esters is 1. The SMILES string of the molecule is CC(C)(C)c1cnc(Cl)c(C(=O)OCCNc2ncccc2C#N)c1. The van der Waals surface area contributed by atoms with Crippen LogP contribution in [-0.2, 0) is 10.2 Å². The van der Waals surface area contributed by atoms with Crippen molar-refractivity contribution in [2.75, 3.05) is 18.5 Å². The second-order valence-corrected chi connectivity index (χ2v) is 6.74. The highest BCUT2D eigenvalue weighted by molar-refractivity contribution is 6.32. The third-order valence-electron chi connectivity index (χ3n) is 3.48. The highest BCUT2D eigenvalue weighted by Gasteiger charge is 2.20. The van der Waals surface area contributed by atoms with Gasteiger partial charge in [0.2, 0.25) is 0 Å². The first-order valence-electron chi connectivity index (χ1n) is 7.75. The molecule has 0 atom stereocenters. The number of hydrogen-bond donors (Lipinski definition) is 1. The molecule has 0 aliphatic carbocycles. The van der Waals surface area contributed by atoms with Gasteiger partial charge in [-0.1, -0.05) is 32.4 Å². The van der Waals surface area contributed by atoms with Gasteiger partial charge < -0.3 is 10.1 Å². The van der Waals surface area contributed by atoms with Gasteiger partial charge >= 0.3 is 5.97 Å². The van der Waals surface area contributed by atoms with Crippen LogP contribution < -0.4 is 5.32 Å². The molecule has 0 aliphatic rings. The first kappa shape index (κ1) is 18.7. The van der Waals surface area contributed by atoms with Gasteiger partial charge in [-0.05, 0) is 29.2 Å². The van der Waals surface area contributed by atoms with Crippen LogP contribution in [0.2, 0.25) is 5.15 Å². The van der Waals surface area contributed by atoms with Crippen LogP contribution in [0.5, 0.6) is 0 Å². The molecule has 0 fully saturated rings. The minimum Gasteiger partial charge on any atom is -0.460 e. The fourth-order valence-corrected chi connectivity index (χ4v) is 2.21. The number of nitriles is 1. The molecule has 1 N–H and O–H groups in total. The minimum absolute atomic E-state index is 0.107. The van der Waals surface area contributed by atoms with Crippen molar-refractivity contribution >= 4 is 23.4 Å². The van der Waals surface area contributed by atoms with Gasteiger partial charge in [-0.15, -0.1) is 0 Å². The lowest BCUT2D eigenvalue weighted by Gasteiger charge is -2.19. The number of halogens is 1. The van der Waals surface area contributed by atoms with Crippen molar-refractivity contribution in [1.29, 1.82) is 5.26 Å². The van der Waals surface area contributed by atoms with Crippen LogP contribution in [0, 0.1) is 11.3 Å². The van der Waals surface area contributed by atoms with Gasteiger partial charge in [0.05, 0.1) is 17.7 Å². The van der Waals surface area contributed by atoms with E-state index in [4.69, 9.17) is 21.6 Å². The van der Waals surface area contributed by atoms with Crippen molar-refractivity contribution in [3.63, 3.8) is 0 Å². The summed E-state index contributed by atoms with van der Waals surface area (Å²) in [4.78, 5) is 20.4. The van der Waals surface area contributed by atoms with Gasteiger partial charge in [-0.3, -0.25) is 0 Å². The zero-order chi connectivity index (χ0) is 18.4. The van der Waals surface area contributed by atoms with E-state index in [0.29, 0.717) is 17.9 Å². The summed E-state index contributed by atoms with van der Waals surface area (Å²) in [6, 6.07) is 7.09. The Labute approximate surface area is 151 Å². The maximum Gasteiger partial charge on any atom is 0.341 e. The molecule has 0 saturated heterocycles. The molecule has 2 heterocycles. The Bertz CT molecular complexity index is 809. The van der Waals surface area contributed by atoms with E-state index in [1.165, 1.54) is 0 Å². The molecule has 0 unspecified atom stereocenters. The quantitative estimate of drug-likeness (QED) is 0.499. The lowest BCUT2D eigenvalue weighted by atomic mass is 9.88. The molecule has 0 radical (unpaired) electrons. The van der Waals surface area contributed by atoms with Crippen LogP contribution in [0.25, 0.3) is 0 Å². The highest BCUT2D eigenvalue weighted by Crippen LogP contribution is 2.25. The third-order valence-corrected chi connectivity index (χ3v) is 3.78. The van der Waals surface area contributed by atoms with Gasteiger partial charge in [-0.2, -0.15) is 5.26 Å². The first-order chi connectivity index (χ1) is 11.8. The van der Waals surface area contributed by atoms with E-state index in [1.54, 1.807) is 30.6 Å². The molecule has 0 aromatic carbocycles. The Morgan fingerprint density at radius 2 is 2.16 bits per heavy atom. The summed E-state index contributed by atoms with van der Waals surface area (Å²) < 4.78 is 5.24. The molecule has 2 aromatic heterocycles. The number of anilines is 1. The summed E-state index contributed by atoms with van der Waals surface area (Å²) in [5.74, 6) is -0.0811. The number of ether oxygens (including phenoxy) is 1. The van der Waals surface area contributed by atoms with E-state index >= 15 is 0 Å². The molecule has 2 rings (SSSR count). The molecular weight excluding hydrogens is 340 g/mol. The van der Waals surface area contributed by atoms with Gasteiger partial charge in [0.1, 0.15) is 23.6 Å². The van der Waals surface area contributed by atoms with E-state index in [-0.39, 0.29) is 22.7 Å². The molecule has 0 bridgehead atoms. The van der Waals surface area contributed by atoms with Gasteiger partial charge in [0.25, 0.3) is 0 Å². The molecule has 25 heavy (non-hydrogen) atoms. The number of nitrogens with zero attached hydrogens (tertiary/aromatic N) is 3. The van der Waals surface area contributed by atoms with Crippen molar-refractivity contribution in [2.24, 2.45) is 0 Å². The van der Waals surface area contributed by atoms with Crippen molar-refractivity contribution in [3.05, 3.63) is 52.4 Å². The number of nitrogens with one attached hydrogen (secondary N) is 1. The van der Waals surface area contributed by atoms with Crippen LogP contribution in [0.4, 0.5) is 5.82 Å². The highest BCUT2D eigenvalue weighted by atomic mass is 35.5. The van der Waals surface area contributed by atoms with E-state index in [2.05, 4.69) is 15.3 Å². The maximum atomic E-state index is 12.2. The average molecular weight is 359 g/mol. The second kappa shape index (κ2) is 7.95. The predicted molar refractivity (Wildman–Crippen MR) is 95.7 cm³/mol. The Morgan fingerprint density at radius 1 is 1.40 bits per heavy atom. The summed E-state index contributed by atoms with van der Waals surface area (Å²) in [5.41, 5.74) is 1.42. The molecular formula is C18H19ClN4O2. The summed E-state index contributed by atoms with van der Waals surface area (Å²) in [6.45, 7) is 6.50. The number of hydrogen-bond acceptors (Lipinski definition) is 6. The van der Waals surface area contributed by atoms with Crippen molar-refractivity contribution in [2.45, 2.75) is 26.2 Å². The zero-order valence-corrected chi connectivity index (χ0v) is 15.1. The standard InChI is InChI=1S/C18H19ClN4O2/c1-18(2,3)13-9-14(15(19)23-11-13)17(24)25-8-7-22-16-12(10-20)5-4-6-21-16/h4-6,9,11H,7-8H2,1-3H3,(H,21,22). The average Bonchev–Trinajstić information content (AvgIpc) is 2.58. The van der Waals surface area contributed by atoms with E-state index < -0.39 is 5.97 Å². The Balaban J connectivity index is 1.96. The molecule has 6 nitrogen and oxygen atoms in total. The minimum atomic E-state index is -0.535. The maximum absolute atomic E-state index is 12.2. The molecule has 0 saturated carbocycles. The molecule has 7 heteroatoms. The fraction of sp³-hybridized carbons (Fsp3) is 0.333. The van der Waals surface area contributed by atoms with Crippen molar-refractivity contribution in [1.82, 2.24) is 9.97 Å². The molecule has 0 spiro atoms. The van der Waals surface area contributed by atoms with Crippen LogP contribution in [0.1, 0.15) is 42.3 Å². The lowest BCUT2D eigenvalue weighted by molar-refractivity contribution is 0.0520. The van der Waals surface area contributed by atoms with Gasteiger partial charge in [0.15, 0.2) is 0 Å². The van der Waals surface area contributed by atoms with E-state index in [0.717, 1.165) is 5.56 Å². The van der Waals surface area contributed by atoms with Crippen LogP contribution in [-0.4, -0.2) is 29.1 Å². The van der Waals surface area contributed by atoms with Crippen LogP contribution in [0.15, 0.2) is 30.6 Å². The topological polar surface area (TPSA) is 87.9 Å². The third kappa shape index (κ3) is 4.91. The van der Waals surface area contributed by atoms with Crippen LogP contribution in [0.3, 0.4) is 0 Å². The molecule has 0 amide bonds. The Kier molecular flexibility index (Phi) is 5.94. The molecule has 0 aliphatic heterocycles. The Morgan fingerprint density at radius 3 is 2.84 bits per heavy atom. The zero-order valence-electron chi connectivity index (χ0n) is 14.3. The number of carbonyl (C=O) groups is 1. The fourth-order valence-electron chi connectivity index (χ4n) is 2.03. The number of pyridine rings is 2. The predicted octanol–water partition coefficient (Wildman–Crippen LogP) is 3.57.